The number of hydrogen-bond donors (Lipinski definition) is 2. The van der Waals surface area contributed by atoms with Gasteiger partial charge in [0.25, 0.3) is 0 Å². The van der Waals surface area contributed by atoms with Gasteiger partial charge in [0.15, 0.2) is 5.76 Å². The summed E-state index contributed by atoms with van der Waals surface area (Å²) in [6, 6.07) is 21.0. The Hall–Kier alpha value is -4.46. The number of nitrogens with one attached hydrogen (secondary N) is 1. The van der Waals surface area contributed by atoms with E-state index < -0.39 is 29.4 Å². The Balaban J connectivity index is 1.50. The van der Waals surface area contributed by atoms with Crippen LogP contribution in [0.5, 0.6) is 0 Å². The van der Waals surface area contributed by atoms with Crippen LogP contribution in [0.1, 0.15) is 43.7 Å². The highest BCUT2D eigenvalue weighted by Crippen LogP contribution is 2.33. The van der Waals surface area contributed by atoms with Crippen molar-refractivity contribution in [3.8, 4) is 22.5 Å². The third-order valence-corrected chi connectivity index (χ3v) is 6.34. The van der Waals surface area contributed by atoms with Crippen molar-refractivity contribution in [2.75, 3.05) is 5.32 Å². The van der Waals surface area contributed by atoms with Gasteiger partial charge < -0.3 is 14.4 Å². The summed E-state index contributed by atoms with van der Waals surface area (Å²) in [5.41, 5.74) is 3.36. The number of aliphatic carboxylic acids is 1. The lowest BCUT2D eigenvalue weighted by Crippen LogP contribution is -2.28. The molecule has 0 saturated carbocycles. The van der Waals surface area contributed by atoms with E-state index in [4.69, 9.17) is 9.26 Å². The average molecular weight is 503 g/mol. The van der Waals surface area contributed by atoms with Gasteiger partial charge in [0.2, 0.25) is 0 Å². The van der Waals surface area contributed by atoms with Gasteiger partial charge in [-0.05, 0) is 50.5 Å². The minimum absolute atomic E-state index is 0.273. The zero-order valence-corrected chi connectivity index (χ0v) is 20.9. The number of carbonyl (C=O) groups excluding carboxylic acids is 1. The molecule has 0 bridgehead atoms. The quantitative estimate of drug-likeness (QED) is 0.279. The maximum absolute atomic E-state index is 14.0. The van der Waals surface area contributed by atoms with E-state index in [2.05, 4.69) is 10.5 Å². The highest BCUT2D eigenvalue weighted by Gasteiger charge is 2.29. The van der Waals surface area contributed by atoms with E-state index in [-0.39, 0.29) is 5.56 Å². The van der Waals surface area contributed by atoms with Gasteiger partial charge in [-0.15, -0.1) is 0 Å². The fraction of sp³-hybridized carbons (Fsp3) is 0.207. The van der Waals surface area contributed by atoms with Crippen LogP contribution in [0.15, 0.2) is 77.3 Å². The van der Waals surface area contributed by atoms with Gasteiger partial charge in [-0.1, -0.05) is 71.9 Å². The molecular weight excluding hydrogens is 475 g/mol. The zero-order chi connectivity index (χ0) is 26.7. The Morgan fingerprint density at radius 2 is 1.54 bits per heavy atom. The van der Waals surface area contributed by atoms with E-state index in [1.165, 1.54) is 6.07 Å². The summed E-state index contributed by atoms with van der Waals surface area (Å²) in [7, 11) is 0. The van der Waals surface area contributed by atoms with Gasteiger partial charge >= 0.3 is 12.1 Å². The molecule has 1 amide bonds. The number of aryl methyl sites for hydroxylation is 1. The topological polar surface area (TPSA) is 102 Å². The van der Waals surface area contributed by atoms with E-state index in [0.717, 1.165) is 11.1 Å². The SMILES string of the molecule is Cc1noc(-c2ccc(-c3ccc(C(C)(C)C(=O)O)cc3)cc2)c1NC(=O)OC(C)c1ccccc1F. The highest BCUT2D eigenvalue weighted by molar-refractivity contribution is 5.91. The lowest BCUT2D eigenvalue weighted by molar-refractivity contribution is -0.142. The predicted molar refractivity (Wildman–Crippen MR) is 138 cm³/mol. The smallest absolute Gasteiger partial charge is 0.412 e. The Morgan fingerprint density at radius 1 is 0.973 bits per heavy atom. The fourth-order valence-corrected chi connectivity index (χ4v) is 3.89. The number of anilines is 1. The summed E-state index contributed by atoms with van der Waals surface area (Å²) in [6.07, 6.45) is -1.55. The molecule has 0 radical (unpaired) electrons. The van der Waals surface area contributed by atoms with Crippen LogP contribution >= 0.6 is 0 Å². The second kappa shape index (κ2) is 10.3. The van der Waals surface area contributed by atoms with Gasteiger partial charge in [-0.2, -0.15) is 0 Å². The molecule has 4 aromatic rings. The van der Waals surface area contributed by atoms with Gasteiger partial charge in [0.1, 0.15) is 23.3 Å². The summed E-state index contributed by atoms with van der Waals surface area (Å²) in [6.45, 7) is 6.62. The Bertz CT molecular complexity index is 1430. The molecular formula is C29H27FN2O5. The molecule has 3 aromatic carbocycles. The van der Waals surface area contributed by atoms with Crippen LogP contribution < -0.4 is 5.32 Å². The minimum Gasteiger partial charge on any atom is -0.481 e. The molecule has 1 atom stereocenters. The Kier molecular flexibility index (Phi) is 7.11. The number of nitrogens with zero attached hydrogens (tertiary/aromatic N) is 1. The summed E-state index contributed by atoms with van der Waals surface area (Å²) < 4.78 is 24.9. The maximum Gasteiger partial charge on any atom is 0.412 e. The summed E-state index contributed by atoms with van der Waals surface area (Å²) in [5.74, 6) is -0.981. The van der Waals surface area contributed by atoms with Crippen molar-refractivity contribution < 1.29 is 28.3 Å². The summed E-state index contributed by atoms with van der Waals surface area (Å²) in [4.78, 5) is 24.1. The minimum atomic E-state index is -0.982. The lowest BCUT2D eigenvalue weighted by Gasteiger charge is -2.19. The molecule has 1 heterocycles. The molecule has 0 aliphatic carbocycles. The van der Waals surface area contributed by atoms with Crippen LogP contribution in [0, 0.1) is 12.7 Å². The molecule has 0 fully saturated rings. The first-order valence-electron chi connectivity index (χ1n) is 11.7. The molecule has 0 saturated heterocycles. The van der Waals surface area contributed by atoms with Crippen LogP contribution in [0.25, 0.3) is 22.5 Å². The van der Waals surface area contributed by atoms with Crippen molar-refractivity contribution in [2.24, 2.45) is 0 Å². The summed E-state index contributed by atoms with van der Waals surface area (Å²) in [5, 5.41) is 16.1. The third-order valence-electron chi connectivity index (χ3n) is 6.34. The van der Waals surface area contributed by atoms with E-state index in [1.54, 1.807) is 45.9 Å². The highest BCUT2D eigenvalue weighted by atomic mass is 19.1. The van der Waals surface area contributed by atoms with Crippen molar-refractivity contribution in [3.63, 3.8) is 0 Å². The largest absolute Gasteiger partial charge is 0.481 e. The molecule has 0 spiro atoms. The van der Waals surface area contributed by atoms with E-state index >= 15 is 0 Å². The molecule has 4 rings (SSSR count). The normalized spacial score (nSPS) is 12.1. The molecule has 1 unspecified atom stereocenters. The number of ether oxygens (including phenoxy) is 1. The van der Waals surface area contributed by atoms with Gasteiger partial charge in [0.05, 0.1) is 5.41 Å². The number of aromatic nitrogens is 1. The van der Waals surface area contributed by atoms with Crippen LogP contribution in [0.3, 0.4) is 0 Å². The van der Waals surface area contributed by atoms with Crippen LogP contribution in [0.2, 0.25) is 0 Å². The average Bonchev–Trinajstić information content (AvgIpc) is 3.24. The molecule has 0 aliphatic heterocycles. The van der Waals surface area contributed by atoms with Crippen molar-refractivity contribution in [3.05, 3.63) is 95.4 Å². The summed E-state index contributed by atoms with van der Waals surface area (Å²) >= 11 is 0. The molecule has 1 aromatic heterocycles. The van der Waals surface area contributed by atoms with Gasteiger partial charge in [0, 0.05) is 11.1 Å². The number of benzene rings is 3. The van der Waals surface area contributed by atoms with E-state index in [0.29, 0.717) is 28.3 Å². The van der Waals surface area contributed by atoms with Gasteiger partial charge in [-0.3, -0.25) is 10.1 Å². The first-order chi connectivity index (χ1) is 17.6. The Labute approximate surface area is 213 Å². The van der Waals surface area contributed by atoms with E-state index in [1.807, 2.05) is 48.5 Å². The first kappa shape index (κ1) is 25.6. The van der Waals surface area contributed by atoms with Crippen LogP contribution in [0.4, 0.5) is 14.9 Å². The number of amides is 1. The van der Waals surface area contributed by atoms with Crippen molar-refractivity contribution >= 4 is 17.7 Å². The second-order valence-corrected chi connectivity index (χ2v) is 9.25. The fourth-order valence-electron chi connectivity index (χ4n) is 3.89. The number of halogens is 1. The molecule has 0 aliphatic rings. The predicted octanol–water partition coefficient (Wildman–Crippen LogP) is 7.13. The molecule has 190 valence electrons. The second-order valence-electron chi connectivity index (χ2n) is 9.25. The third kappa shape index (κ3) is 5.38. The standard InChI is InChI=1S/C29H27FN2O5/c1-17-25(31-28(35)36-18(2)23-7-5-6-8-24(23)30)26(37-32-17)21-11-9-19(10-12-21)20-13-15-22(16-14-20)29(3,4)27(33)34/h5-16,18H,1-4H3,(H,31,35)(H,33,34). The van der Waals surface area contributed by atoms with Crippen molar-refractivity contribution in [1.82, 2.24) is 5.16 Å². The number of rotatable bonds is 7. The Morgan fingerprint density at radius 3 is 2.14 bits per heavy atom. The first-order valence-corrected chi connectivity index (χ1v) is 11.7. The van der Waals surface area contributed by atoms with Crippen molar-refractivity contribution in [2.45, 2.75) is 39.2 Å². The molecule has 37 heavy (non-hydrogen) atoms. The van der Waals surface area contributed by atoms with Crippen molar-refractivity contribution in [1.29, 1.82) is 0 Å². The number of hydrogen-bond acceptors (Lipinski definition) is 5. The number of carboxylic acid groups (broad SMARTS) is 1. The van der Waals surface area contributed by atoms with E-state index in [9.17, 15) is 19.1 Å². The van der Waals surface area contributed by atoms with Gasteiger partial charge in [-0.25, -0.2) is 9.18 Å². The zero-order valence-electron chi connectivity index (χ0n) is 20.9. The number of carboxylic acids is 1. The molecule has 2 N–H and O–H groups in total. The molecule has 7 nitrogen and oxygen atoms in total. The monoisotopic (exact) mass is 502 g/mol. The lowest BCUT2D eigenvalue weighted by atomic mass is 9.84. The van der Waals surface area contributed by atoms with Crippen LogP contribution in [-0.4, -0.2) is 22.3 Å². The number of carbonyl (C=O) groups is 2. The van der Waals surface area contributed by atoms with Crippen LogP contribution in [-0.2, 0) is 14.9 Å². The molecule has 8 heteroatoms. The maximum atomic E-state index is 14.0.